The Balaban J connectivity index is 2.36. The Bertz CT molecular complexity index is 1300. The van der Waals surface area contributed by atoms with E-state index in [0.717, 1.165) is 36.7 Å². The number of amides is 1. The molecular formula is C22H22F3N3O4S. The molecule has 3 aromatic rings. The molecule has 0 aliphatic carbocycles. The molecular weight excluding hydrogens is 459 g/mol. The van der Waals surface area contributed by atoms with E-state index < -0.39 is 61.4 Å². The summed E-state index contributed by atoms with van der Waals surface area (Å²) in [5.41, 5.74) is -2.28. The van der Waals surface area contributed by atoms with Crippen molar-refractivity contribution in [3.63, 3.8) is 0 Å². The van der Waals surface area contributed by atoms with Crippen LogP contribution in [0.1, 0.15) is 32.4 Å². The van der Waals surface area contributed by atoms with Gasteiger partial charge in [-0.25, -0.2) is 30.9 Å². The summed E-state index contributed by atoms with van der Waals surface area (Å²) in [6.45, 7) is 4.97. The van der Waals surface area contributed by atoms with Crippen molar-refractivity contribution in [2.45, 2.75) is 31.8 Å². The van der Waals surface area contributed by atoms with Gasteiger partial charge in [0, 0.05) is 30.4 Å². The van der Waals surface area contributed by atoms with Gasteiger partial charge in [0.05, 0.1) is 10.5 Å². The Morgan fingerprint density at radius 3 is 2.42 bits per heavy atom. The first-order valence-electron chi connectivity index (χ1n) is 9.79. The molecule has 1 amide bonds. The first-order valence-corrected chi connectivity index (χ1v) is 11.2. The summed E-state index contributed by atoms with van der Waals surface area (Å²) in [6.07, 6.45) is -0.0847. The molecule has 1 unspecified atom stereocenters. The summed E-state index contributed by atoms with van der Waals surface area (Å²) in [6, 6.07) is 6.59. The molecule has 0 fully saturated rings. The van der Waals surface area contributed by atoms with Gasteiger partial charge >= 0.3 is 6.09 Å². The molecule has 7 nitrogen and oxygen atoms in total. The van der Waals surface area contributed by atoms with E-state index in [2.05, 4.69) is 10.3 Å². The third-order valence-electron chi connectivity index (χ3n) is 4.80. The molecule has 2 heterocycles. The maximum absolute atomic E-state index is 15.9. The number of aromatic nitrogens is 2. The zero-order valence-corrected chi connectivity index (χ0v) is 19.1. The summed E-state index contributed by atoms with van der Waals surface area (Å²) < 4.78 is 76.8. The molecule has 0 spiro atoms. The highest BCUT2D eigenvalue weighted by Crippen LogP contribution is 2.42. The maximum atomic E-state index is 15.9. The van der Waals surface area contributed by atoms with Crippen molar-refractivity contribution in [3.8, 4) is 11.3 Å². The average molecular weight is 481 g/mol. The molecule has 2 aromatic heterocycles. The first kappa shape index (κ1) is 24.3. The summed E-state index contributed by atoms with van der Waals surface area (Å²) in [5, 5.41) is 2.26. The van der Waals surface area contributed by atoms with E-state index in [1.54, 1.807) is 20.8 Å². The van der Waals surface area contributed by atoms with Gasteiger partial charge in [-0.15, -0.1) is 0 Å². The molecule has 176 valence electrons. The lowest BCUT2D eigenvalue weighted by Gasteiger charge is -2.29. The fraction of sp³-hybridized carbons (Fsp3) is 0.273. The number of nitrogens with one attached hydrogen (secondary N) is 1. The Morgan fingerprint density at radius 2 is 1.85 bits per heavy atom. The highest BCUT2D eigenvalue weighted by Gasteiger charge is 2.38. The van der Waals surface area contributed by atoms with Crippen LogP contribution in [-0.4, -0.2) is 30.5 Å². The summed E-state index contributed by atoms with van der Waals surface area (Å²) >= 11 is 0. The molecule has 0 aliphatic rings. The molecule has 0 saturated heterocycles. The number of halogens is 3. The Labute approximate surface area is 189 Å². The van der Waals surface area contributed by atoms with Gasteiger partial charge in [0.25, 0.3) is 10.0 Å². The average Bonchev–Trinajstić information content (AvgIpc) is 3.08. The van der Waals surface area contributed by atoms with E-state index in [1.165, 1.54) is 19.2 Å². The second kappa shape index (κ2) is 8.89. The predicted octanol–water partition coefficient (Wildman–Crippen LogP) is 4.65. The number of carbonyl (C=O) groups is 1. The van der Waals surface area contributed by atoms with Crippen LogP contribution in [0.3, 0.4) is 0 Å². The number of rotatable bonds is 5. The summed E-state index contributed by atoms with van der Waals surface area (Å²) in [5.74, 6) is -3.06. The lowest BCUT2D eigenvalue weighted by molar-refractivity contribution is 0.0294. The smallest absolute Gasteiger partial charge is 0.407 e. The third-order valence-corrected chi connectivity index (χ3v) is 6.46. The highest BCUT2D eigenvalue weighted by atomic mass is 32.2. The zero-order valence-electron chi connectivity index (χ0n) is 18.3. The van der Waals surface area contributed by atoms with Crippen LogP contribution in [0.4, 0.5) is 18.0 Å². The highest BCUT2D eigenvalue weighted by molar-refractivity contribution is 7.90. The molecule has 11 heteroatoms. The van der Waals surface area contributed by atoms with E-state index in [4.69, 9.17) is 4.74 Å². The van der Waals surface area contributed by atoms with Crippen LogP contribution < -0.4 is 5.32 Å². The van der Waals surface area contributed by atoms with Crippen LogP contribution >= 0.6 is 0 Å². The summed E-state index contributed by atoms with van der Waals surface area (Å²) in [4.78, 5) is 14.9. The van der Waals surface area contributed by atoms with Gasteiger partial charge in [-0.2, -0.15) is 4.39 Å². The van der Waals surface area contributed by atoms with Crippen molar-refractivity contribution in [1.82, 2.24) is 14.3 Å². The number of pyridine rings is 1. The zero-order chi connectivity index (χ0) is 24.6. The van der Waals surface area contributed by atoms with Crippen molar-refractivity contribution < 1.29 is 31.1 Å². The van der Waals surface area contributed by atoms with Crippen LogP contribution in [0.2, 0.25) is 0 Å². The van der Waals surface area contributed by atoms with Crippen molar-refractivity contribution in [3.05, 3.63) is 71.9 Å². The van der Waals surface area contributed by atoms with E-state index in [9.17, 15) is 22.0 Å². The molecule has 0 saturated carbocycles. The Hall–Kier alpha value is -3.34. The lowest BCUT2D eigenvalue weighted by Crippen LogP contribution is -2.29. The standard InChI is InChI=1S/C22H22F3N3O4S/c1-22(2,3)19(32-21(29)26-4)16-12-28(33(30,31)14-8-5-7-13(23)11-14)18(17(16)24)15-9-6-10-27-20(15)25/h5-12,19H,1-4H3,(H,26,29). The molecule has 0 bridgehead atoms. The molecule has 3 rings (SSSR count). The number of nitrogens with zero attached hydrogens (tertiary/aromatic N) is 2. The Morgan fingerprint density at radius 1 is 1.15 bits per heavy atom. The predicted molar refractivity (Wildman–Crippen MR) is 114 cm³/mol. The Kier molecular flexibility index (Phi) is 6.55. The van der Waals surface area contributed by atoms with Crippen molar-refractivity contribution in [2.24, 2.45) is 5.41 Å². The van der Waals surface area contributed by atoms with Crippen molar-refractivity contribution >= 4 is 16.1 Å². The second-order valence-corrected chi connectivity index (χ2v) is 10.1. The maximum Gasteiger partial charge on any atom is 0.407 e. The van der Waals surface area contributed by atoms with Gasteiger partial charge in [0.1, 0.15) is 17.6 Å². The van der Waals surface area contributed by atoms with Crippen LogP contribution in [0.15, 0.2) is 53.7 Å². The fourth-order valence-electron chi connectivity index (χ4n) is 3.27. The fourth-order valence-corrected chi connectivity index (χ4v) is 4.68. The SMILES string of the molecule is CNC(=O)OC(c1cn(S(=O)(=O)c2cccc(F)c2)c(-c2cccnc2F)c1F)C(C)(C)C. The van der Waals surface area contributed by atoms with Crippen molar-refractivity contribution in [1.29, 1.82) is 0 Å². The number of benzene rings is 1. The largest absolute Gasteiger partial charge is 0.441 e. The van der Waals surface area contributed by atoms with Crippen LogP contribution in [0, 0.1) is 23.0 Å². The van der Waals surface area contributed by atoms with Crippen LogP contribution in [-0.2, 0) is 14.8 Å². The summed E-state index contributed by atoms with van der Waals surface area (Å²) in [7, 11) is -3.27. The van der Waals surface area contributed by atoms with E-state index in [1.807, 2.05) is 0 Å². The van der Waals surface area contributed by atoms with Gasteiger partial charge in [-0.3, -0.25) is 0 Å². The second-order valence-electron chi connectivity index (χ2n) is 8.25. The van der Waals surface area contributed by atoms with Crippen LogP contribution in [0.5, 0.6) is 0 Å². The molecule has 33 heavy (non-hydrogen) atoms. The molecule has 0 radical (unpaired) electrons. The van der Waals surface area contributed by atoms with Crippen LogP contribution in [0.25, 0.3) is 11.3 Å². The van der Waals surface area contributed by atoms with Gasteiger partial charge in [0.2, 0.25) is 5.95 Å². The minimum absolute atomic E-state index is 0.302. The topological polar surface area (TPSA) is 90.3 Å². The quantitative estimate of drug-likeness (QED) is 0.536. The normalized spacial score (nSPS) is 12.9. The van der Waals surface area contributed by atoms with Crippen molar-refractivity contribution in [2.75, 3.05) is 7.05 Å². The first-order chi connectivity index (χ1) is 15.4. The van der Waals surface area contributed by atoms with E-state index in [0.29, 0.717) is 3.97 Å². The van der Waals surface area contributed by atoms with E-state index in [-0.39, 0.29) is 5.56 Å². The van der Waals surface area contributed by atoms with Gasteiger partial charge in [0.15, 0.2) is 5.82 Å². The number of carbonyl (C=O) groups excluding carboxylic acids is 1. The van der Waals surface area contributed by atoms with Gasteiger partial charge in [-0.05, 0) is 30.3 Å². The van der Waals surface area contributed by atoms with Gasteiger partial charge in [-0.1, -0.05) is 26.8 Å². The van der Waals surface area contributed by atoms with Gasteiger partial charge < -0.3 is 10.1 Å². The minimum Gasteiger partial charge on any atom is -0.441 e. The van der Waals surface area contributed by atoms with E-state index >= 15 is 4.39 Å². The molecule has 1 aromatic carbocycles. The lowest BCUT2D eigenvalue weighted by atomic mass is 9.85. The molecule has 1 atom stereocenters. The number of hydrogen-bond donors (Lipinski definition) is 1. The third kappa shape index (κ3) is 4.72. The molecule has 0 aliphatic heterocycles. The number of alkyl carbamates (subject to hydrolysis) is 1. The number of hydrogen-bond acceptors (Lipinski definition) is 5. The number of ether oxygens (including phenoxy) is 1. The molecule has 1 N–H and O–H groups in total. The minimum atomic E-state index is -4.59. The monoisotopic (exact) mass is 481 g/mol.